The van der Waals surface area contributed by atoms with Gasteiger partial charge in [0.1, 0.15) is 5.92 Å². The molecule has 0 aliphatic heterocycles. The minimum atomic E-state index is -0.967. The van der Waals surface area contributed by atoms with Crippen molar-refractivity contribution in [3.63, 3.8) is 0 Å². The molecule has 1 N–H and O–H groups in total. The molecule has 3 aromatic rings. The molecular weight excluding hydrogens is 420 g/mol. The minimum absolute atomic E-state index is 0.348. The van der Waals surface area contributed by atoms with Crippen LogP contribution in [0, 0.1) is 0 Å². The number of carbonyl (C=O) groups excluding carboxylic acids is 2. The monoisotopic (exact) mass is 444 g/mol. The highest BCUT2D eigenvalue weighted by molar-refractivity contribution is 5.90. The van der Waals surface area contributed by atoms with E-state index in [1.807, 2.05) is 48.5 Å². The lowest BCUT2D eigenvalue weighted by Gasteiger charge is -2.26. The van der Waals surface area contributed by atoms with E-state index in [1.165, 1.54) is 21.3 Å². The van der Waals surface area contributed by atoms with Gasteiger partial charge in [0.25, 0.3) is 5.95 Å². The Balaban J connectivity index is 1.92. The van der Waals surface area contributed by atoms with E-state index in [4.69, 9.17) is 14.2 Å². The molecule has 1 aliphatic carbocycles. The number of methoxy groups -OCH3 is 3. The predicted molar refractivity (Wildman–Crippen MR) is 123 cm³/mol. The van der Waals surface area contributed by atoms with Crippen molar-refractivity contribution in [3.05, 3.63) is 107 Å². The van der Waals surface area contributed by atoms with Crippen molar-refractivity contribution in [3.8, 4) is 11.1 Å². The van der Waals surface area contributed by atoms with Gasteiger partial charge in [0, 0.05) is 11.5 Å². The number of benzene rings is 3. The zero-order valence-electron chi connectivity index (χ0n) is 18.6. The van der Waals surface area contributed by atoms with Crippen LogP contribution in [-0.4, -0.2) is 38.4 Å². The molecule has 6 nitrogen and oxygen atoms in total. The summed E-state index contributed by atoms with van der Waals surface area (Å²) in [5.74, 6) is -2.78. The molecule has 1 aliphatic rings. The van der Waals surface area contributed by atoms with Crippen molar-refractivity contribution in [2.24, 2.45) is 0 Å². The van der Waals surface area contributed by atoms with Crippen LogP contribution in [0.2, 0.25) is 0 Å². The van der Waals surface area contributed by atoms with E-state index in [2.05, 4.69) is 0 Å². The Morgan fingerprint density at radius 1 is 0.758 bits per heavy atom. The van der Waals surface area contributed by atoms with Crippen LogP contribution in [0.1, 0.15) is 38.9 Å². The van der Waals surface area contributed by atoms with Gasteiger partial charge in [0.15, 0.2) is 0 Å². The van der Waals surface area contributed by atoms with Crippen molar-refractivity contribution >= 4 is 11.9 Å². The summed E-state index contributed by atoms with van der Waals surface area (Å²) in [6.45, 7) is 0. The maximum absolute atomic E-state index is 13.1. The van der Waals surface area contributed by atoms with Gasteiger partial charge in [-0.3, -0.25) is 4.79 Å². The molecule has 0 fully saturated rings. The lowest BCUT2D eigenvalue weighted by Crippen LogP contribution is -2.23. The Morgan fingerprint density at radius 2 is 1.30 bits per heavy atom. The molecule has 33 heavy (non-hydrogen) atoms. The molecule has 0 bridgehead atoms. The number of esters is 2. The first-order valence-electron chi connectivity index (χ1n) is 10.4. The van der Waals surface area contributed by atoms with Crippen LogP contribution in [0.4, 0.5) is 0 Å². The summed E-state index contributed by atoms with van der Waals surface area (Å²) in [4.78, 5) is 25.0. The third-order valence-corrected chi connectivity index (χ3v) is 6.00. The standard InChI is InChI=1S/C27H24O6/c1-31-25(28)17-14-12-16(13-15-17)22(26(29)32-2)24(27(30)33-3)23-20-10-6-4-8-18(20)19-9-5-7-11-21(19)23/h4-15,22-23,30H,1-3H3/b27-24+. The second-order valence-corrected chi connectivity index (χ2v) is 7.64. The number of aliphatic hydroxyl groups excluding tert-OH is 1. The van der Waals surface area contributed by atoms with Crippen molar-refractivity contribution in [2.45, 2.75) is 11.8 Å². The van der Waals surface area contributed by atoms with Gasteiger partial charge in [-0.1, -0.05) is 60.7 Å². The van der Waals surface area contributed by atoms with E-state index in [1.54, 1.807) is 24.3 Å². The van der Waals surface area contributed by atoms with Crippen molar-refractivity contribution < 1.29 is 28.9 Å². The molecule has 0 saturated heterocycles. The second kappa shape index (κ2) is 9.20. The lowest BCUT2D eigenvalue weighted by molar-refractivity contribution is -0.141. The largest absolute Gasteiger partial charge is 0.481 e. The van der Waals surface area contributed by atoms with Crippen LogP contribution in [0.15, 0.2) is 84.3 Å². The van der Waals surface area contributed by atoms with Crippen LogP contribution in [0.3, 0.4) is 0 Å². The van der Waals surface area contributed by atoms with Crippen molar-refractivity contribution in [2.75, 3.05) is 21.3 Å². The van der Waals surface area contributed by atoms with E-state index >= 15 is 0 Å². The molecule has 0 radical (unpaired) electrons. The zero-order chi connectivity index (χ0) is 23.5. The van der Waals surface area contributed by atoms with Crippen molar-refractivity contribution in [1.82, 2.24) is 0 Å². The average molecular weight is 444 g/mol. The van der Waals surface area contributed by atoms with Gasteiger partial charge in [-0.15, -0.1) is 0 Å². The van der Waals surface area contributed by atoms with Gasteiger partial charge in [-0.2, -0.15) is 0 Å². The molecule has 6 heteroatoms. The van der Waals surface area contributed by atoms with Gasteiger partial charge >= 0.3 is 11.9 Å². The Bertz CT molecular complexity index is 1180. The fraction of sp³-hybridized carbons (Fsp3) is 0.185. The molecule has 4 rings (SSSR count). The number of aliphatic hydroxyl groups is 1. The Kier molecular flexibility index (Phi) is 6.18. The van der Waals surface area contributed by atoms with Gasteiger partial charge in [0.2, 0.25) is 0 Å². The van der Waals surface area contributed by atoms with Crippen LogP contribution in [0.5, 0.6) is 0 Å². The number of rotatable bonds is 6. The van der Waals surface area contributed by atoms with Gasteiger partial charge in [-0.25, -0.2) is 4.79 Å². The molecule has 1 unspecified atom stereocenters. The summed E-state index contributed by atoms with van der Waals surface area (Å²) in [6, 6.07) is 22.3. The molecule has 0 spiro atoms. The number of carbonyl (C=O) groups is 2. The van der Waals surface area contributed by atoms with E-state index in [0.717, 1.165) is 22.3 Å². The third kappa shape index (κ3) is 3.84. The van der Waals surface area contributed by atoms with E-state index in [0.29, 0.717) is 16.7 Å². The van der Waals surface area contributed by atoms with Crippen LogP contribution < -0.4 is 0 Å². The van der Waals surface area contributed by atoms with Gasteiger partial charge in [0.05, 0.1) is 26.9 Å². The minimum Gasteiger partial charge on any atom is -0.481 e. The topological polar surface area (TPSA) is 82.1 Å². The first-order valence-corrected chi connectivity index (χ1v) is 10.4. The first kappa shape index (κ1) is 22.1. The SMILES string of the molecule is COC(=O)c1ccc(C(C(=O)OC)/C(=C(/O)OC)C2c3ccccc3-c3ccccc32)cc1. The second-order valence-electron chi connectivity index (χ2n) is 7.64. The highest BCUT2D eigenvalue weighted by Crippen LogP contribution is 2.52. The molecule has 0 amide bonds. The number of hydrogen-bond donors (Lipinski definition) is 1. The number of fused-ring (bicyclic) bond motifs is 3. The molecule has 168 valence electrons. The maximum atomic E-state index is 13.1. The smallest absolute Gasteiger partial charge is 0.337 e. The summed E-state index contributed by atoms with van der Waals surface area (Å²) in [7, 11) is 3.97. The maximum Gasteiger partial charge on any atom is 0.337 e. The number of hydrogen-bond acceptors (Lipinski definition) is 6. The summed E-state index contributed by atoms with van der Waals surface area (Å²) >= 11 is 0. The highest BCUT2D eigenvalue weighted by Gasteiger charge is 2.40. The first-order chi connectivity index (χ1) is 16.0. The highest BCUT2D eigenvalue weighted by atomic mass is 16.6. The Morgan fingerprint density at radius 3 is 1.79 bits per heavy atom. The van der Waals surface area contributed by atoms with E-state index in [9.17, 15) is 14.7 Å². The lowest BCUT2D eigenvalue weighted by atomic mass is 9.79. The molecule has 0 saturated carbocycles. The quantitative estimate of drug-likeness (QED) is 0.428. The molecule has 1 atom stereocenters. The fourth-order valence-electron chi connectivity index (χ4n) is 4.51. The fourth-order valence-corrected chi connectivity index (χ4v) is 4.51. The third-order valence-electron chi connectivity index (χ3n) is 6.00. The van der Waals surface area contributed by atoms with Crippen LogP contribution in [-0.2, 0) is 19.0 Å². The average Bonchev–Trinajstić information content (AvgIpc) is 3.20. The van der Waals surface area contributed by atoms with Crippen LogP contribution in [0.25, 0.3) is 11.1 Å². The van der Waals surface area contributed by atoms with Gasteiger partial charge in [-0.05, 0) is 39.9 Å². The van der Waals surface area contributed by atoms with Crippen molar-refractivity contribution in [1.29, 1.82) is 0 Å². The number of ether oxygens (including phenoxy) is 3. The van der Waals surface area contributed by atoms with E-state index < -0.39 is 23.8 Å². The van der Waals surface area contributed by atoms with E-state index in [-0.39, 0.29) is 5.95 Å². The van der Waals surface area contributed by atoms with Gasteiger partial charge < -0.3 is 19.3 Å². The molecular formula is C27H24O6. The summed E-state index contributed by atoms with van der Waals surface area (Å²) in [5, 5.41) is 11.0. The summed E-state index contributed by atoms with van der Waals surface area (Å²) in [6.07, 6.45) is 0. The molecule has 0 heterocycles. The Hall–Kier alpha value is -4.06. The normalized spacial score (nSPS) is 13.9. The predicted octanol–water partition coefficient (Wildman–Crippen LogP) is 4.96. The van der Waals surface area contributed by atoms with Crippen LogP contribution >= 0.6 is 0 Å². The Labute approximate surface area is 192 Å². The summed E-state index contributed by atoms with van der Waals surface area (Å²) < 4.78 is 15.2. The molecule has 0 aromatic heterocycles. The molecule has 3 aromatic carbocycles. The zero-order valence-corrected chi connectivity index (χ0v) is 18.6. The summed E-state index contributed by atoms with van der Waals surface area (Å²) in [5.41, 5.74) is 5.24.